The number of carbonyl (C=O) groups excluding carboxylic acids is 2. The van der Waals surface area contributed by atoms with Gasteiger partial charge in [0.25, 0.3) is 5.56 Å². The Morgan fingerprint density at radius 3 is 2.64 bits per heavy atom. The third-order valence-electron chi connectivity index (χ3n) is 3.41. The number of amides is 2. The molecule has 0 bridgehead atoms. The number of hydrogen-bond acceptors (Lipinski definition) is 4. The van der Waals surface area contributed by atoms with Crippen LogP contribution in [0.1, 0.15) is 20.8 Å². The minimum atomic E-state index is -0.367. The molecule has 0 unspecified atom stereocenters. The second-order valence-corrected chi connectivity index (χ2v) is 7.80. The lowest BCUT2D eigenvalue weighted by atomic mass is 10.1. The molecule has 1 aromatic carbocycles. The average Bonchev–Trinajstić information content (AvgIpc) is 2.48. The Morgan fingerprint density at radius 2 is 2.00 bits per heavy atom. The highest BCUT2D eigenvalue weighted by Crippen LogP contribution is 2.14. The molecule has 8 heteroatoms. The smallest absolute Gasteiger partial charge is 0.261 e. The van der Waals surface area contributed by atoms with Crippen molar-refractivity contribution < 1.29 is 9.59 Å². The number of benzene rings is 1. The van der Waals surface area contributed by atoms with Crippen molar-refractivity contribution in [3.8, 4) is 0 Å². The van der Waals surface area contributed by atoms with Gasteiger partial charge in [-0.3, -0.25) is 19.0 Å². The van der Waals surface area contributed by atoms with Crippen LogP contribution in [0.5, 0.6) is 0 Å². The van der Waals surface area contributed by atoms with E-state index in [1.54, 1.807) is 18.2 Å². The largest absolute Gasteiger partial charge is 0.350 e. The van der Waals surface area contributed by atoms with Gasteiger partial charge in [-0.1, -0.05) is 15.9 Å². The topological polar surface area (TPSA) is 84.3 Å². The molecular formula is C17H21BrN4O3. The zero-order valence-electron chi connectivity index (χ0n) is 14.7. The van der Waals surface area contributed by atoms with E-state index in [9.17, 15) is 14.4 Å². The number of halogens is 1. The number of aromatic nitrogens is 2. The molecular weight excluding hydrogens is 388 g/mol. The van der Waals surface area contributed by atoms with Crippen LogP contribution in [0.3, 0.4) is 0 Å². The van der Waals surface area contributed by atoms with Crippen molar-refractivity contribution in [1.29, 1.82) is 0 Å². The van der Waals surface area contributed by atoms with Gasteiger partial charge in [0.05, 0.1) is 23.8 Å². The summed E-state index contributed by atoms with van der Waals surface area (Å²) in [6.07, 6.45) is 1.35. The molecule has 0 aliphatic heterocycles. The fraction of sp³-hybridized carbons (Fsp3) is 0.412. The molecule has 25 heavy (non-hydrogen) atoms. The number of hydrogen-bond donors (Lipinski definition) is 1. The maximum absolute atomic E-state index is 12.5. The maximum Gasteiger partial charge on any atom is 0.261 e. The lowest BCUT2D eigenvalue weighted by molar-refractivity contribution is -0.135. The normalized spacial score (nSPS) is 11.4. The second kappa shape index (κ2) is 7.35. The van der Waals surface area contributed by atoms with Crippen molar-refractivity contribution in [2.45, 2.75) is 32.9 Å². The highest BCUT2D eigenvalue weighted by atomic mass is 79.9. The molecule has 134 valence electrons. The van der Waals surface area contributed by atoms with Crippen molar-refractivity contribution in [2.24, 2.45) is 0 Å². The summed E-state index contributed by atoms with van der Waals surface area (Å²) in [6, 6.07) is 5.20. The van der Waals surface area contributed by atoms with Crippen molar-refractivity contribution in [2.75, 3.05) is 13.6 Å². The van der Waals surface area contributed by atoms with E-state index >= 15 is 0 Å². The van der Waals surface area contributed by atoms with E-state index in [0.717, 1.165) is 4.47 Å². The van der Waals surface area contributed by atoms with Crippen LogP contribution >= 0.6 is 15.9 Å². The van der Waals surface area contributed by atoms with Gasteiger partial charge in [-0.15, -0.1) is 0 Å². The molecule has 0 aliphatic rings. The van der Waals surface area contributed by atoms with Crippen molar-refractivity contribution in [1.82, 2.24) is 19.8 Å². The standard InChI is InChI=1S/C17H21BrN4O3/c1-17(2,3)20-14(23)8-21(4)15(24)9-22-10-19-13-6-5-11(18)7-12(13)16(22)25/h5-7,10H,8-9H2,1-4H3,(H,20,23). The molecule has 7 nitrogen and oxygen atoms in total. The zero-order valence-corrected chi connectivity index (χ0v) is 16.3. The van der Waals surface area contributed by atoms with Gasteiger partial charge < -0.3 is 10.2 Å². The third kappa shape index (κ3) is 5.12. The van der Waals surface area contributed by atoms with Crippen LogP contribution in [0.25, 0.3) is 10.9 Å². The zero-order chi connectivity index (χ0) is 18.8. The van der Waals surface area contributed by atoms with Crippen molar-refractivity contribution in [3.05, 3.63) is 39.4 Å². The Labute approximate surface area is 154 Å². The van der Waals surface area contributed by atoms with Crippen LogP contribution in [0.15, 0.2) is 33.8 Å². The summed E-state index contributed by atoms with van der Waals surface area (Å²) in [5.74, 6) is -0.599. The van der Waals surface area contributed by atoms with E-state index in [0.29, 0.717) is 10.9 Å². The number of nitrogens with zero attached hydrogens (tertiary/aromatic N) is 3. The number of likely N-dealkylation sites (N-methyl/N-ethyl adjacent to an activating group) is 1. The number of nitrogens with one attached hydrogen (secondary N) is 1. The first-order chi connectivity index (χ1) is 11.6. The fourth-order valence-corrected chi connectivity index (χ4v) is 2.63. The Hall–Kier alpha value is -2.22. The van der Waals surface area contributed by atoms with Gasteiger partial charge >= 0.3 is 0 Å². The van der Waals surface area contributed by atoms with Gasteiger partial charge in [-0.25, -0.2) is 4.98 Å². The second-order valence-electron chi connectivity index (χ2n) is 6.89. The molecule has 1 N–H and O–H groups in total. The van der Waals surface area contributed by atoms with Crippen LogP contribution in [0.4, 0.5) is 0 Å². The van der Waals surface area contributed by atoms with Gasteiger partial charge in [-0.2, -0.15) is 0 Å². The summed E-state index contributed by atoms with van der Waals surface area (Å²) < 4.78 is 2.01. The van der Waals surface area contributed by atoms with Gasteiger partial charge in [0.1, 0.15) is 6.54 Å². The number of fused-ring (bicyclic) bond motifs is 1. The molecule has 2 aromatic rings. The Balaban J connectivity index is 2.12. The summed E-state index contributed by atoms with van der Waals surface area (Å²) in [6.45, 7) is 5.35. The van der Waals surface area contributed by atoms with Crippen LogP contribution < -0.4 is 10.9 Å². The van der Waals surface area contributed by atoms with Crippen LogP contribution in [0, 0.1) is 0 Å². The van der Waals surface area contributed by atoms with Crippen LogP contribution in [0.2, 0.25) is 0 Å². The molecule has 0 atom stereocenters. The van der Waals surface area contributed by atoms with Crippen molar-refractivity contribution >= 4 is 38.6 Å². The van der Waals surface area contributed by atoms with E-state index in [4.69, 9.17) is 0 Å². The SMILES string of the molecule is CN(CC(=O)NC(C)(C)C)C(=O)Cn1cnc2ccc(Br)cc2c1=O. The summed E-state index contributed by atoms with van der Waals surface area (Å²) in [5.41, 5.74) is -0.102. The lowest BCUT2D eigenvalue weighted by Crippen LogP contribution is -2.47. The van der Waals surface area contributed by atoms with Crippen LogP contribution in [-0.2, 0) is 16.1 Å². The first-order valence-corrected chi connectivity index (χ1v) is 8.56. The predicted molar refractivity (Wildman–Crippen MR) is 99.2 cm³/mol. The van der Waals surface area contributed by atoms with Crippen molar-refractivity contribution in [3.63, 3.8) is 0 Å². The van der Waals surface area contributed by atoms with E-state index in [1.807, 2.05) is 20.8 Å². The Kier molecular flexibility index (Phi) is 5.62. The molecule has 0 spiro atoms. The van der Waals surface area contributed by atoms with E-state index in [2.05, 4.69) is 26.2 Å². The molecule has 2 rings (SSSR count). The maximum atomic E-state index is 12.5. The monoisotopic (exact) mass is 408 g/mol. The summed E-state index contributed by atoms with van der Waals surface area (Å²) in [5, 5.41) is 3.22. The molecule has 0 saturated heterocycles. The molecule has 0 fully saturated rings. The Morgan fingerprint density at radius 1 is 1.32 bits per heavy atom. The lowest BCUT2D eigenvalue weighted by Gasteiger charge is -2.23. The van der Waals surface area contributed by atoms with Gasteiger partial charge in [0.15, 0.2) is 0 Å². The molecule has 1 aromatic heterocycles. The first kappa shape index (κ1) is 19.1. The highest BCUT2D eigenvalue weighted by molar-refractivity contribution is 9.10. The predicted octanol–water partition coefficient (Wildman–Crippen LogP) is 1.53. The minimum absolute atomic E-state index is 0.0720. The van der Waals surface area contributed by atoms with E-state index in [-0.39, 0.29) is 36.0 Å². The molecule has 0 saturated carbocycles. The first-order valence-electron chi connectivity index (χ1n) is 7.76. The summed E-state index contributed by atoms with van der Waals surface area (Å²) >= 11 is 3.32. The fourth-order valence-electron chi connectivity index (χ4n) is 2.27. The van der Waals surface area contributed by atoms with Gasteiger partial charge in [0.2, 0.25) is 11.8 Å². The van der Waals surface area contributed by atoms with E-state index < -0.39 is 0 Å². The third-order valence-corrected chi connectivity index (χ3v) is 3.91. The highest BCUT2D eigenvalue weighted by Gasteiger charge is 2.18. The Bertz CT molecular complexity index is 870. The molecule has 2 amide bonds. The number of carbonyl (C=O) groups is 2. The van der Waals surface area contributed by atoms with Gasteiger partial charge in [0, 0.05) is 17.1 Å². The van der Waals surface area contributed by atoms with Gasteiger partial charge in [-0.05, 0) is 39.0 Å². The summed E-state index contributed by atoms with van der Waals surface area (Å²) in [7, 11) is 1.53. The quantitative estimate of drug-likeness (QED) is 0.830. The molecule has 0 aliphatic carbocycles. The molecule has 0 radical (unpaired) electrons. The summed E-state index contributed by atoms with van der Waals surface area (Å²) in [4.78, 5) is 42.2. The minimum Gasteiger partial charge on any atom is -0.350 e. The molecule has 1 heterocycles. The van der Waals surface area contributed by atoms with Crippen LogP contribution in [-0.4, -0.2) is 45.4 Å². The van der Waals surface area contributed by atoms with E-state index in [1.165, 1.54) is 22.8 Å². The number of rotatable bonds is 4. The average molecular weight is 409 g/mol.